The van der Waals surface area contributed by atoms with Gasteiger partial charge in [-0.15, -0.1) is 35.0 Å². The molecule has 3 heterocycles. The Kier molecular flexibility index (Phi) is 7.91. The Balaban J connectivity index is 1.68. The molecule has 3 unspecified atom stereocenters. The molecule has 1 amide bonds. The molecule has 3 rings (SSSR count). The summed E-state index contributed by atoms with van der Waals surface area (Å²) < 4.78 is 13.8. The minimum atomic E-state index is -0.662. The predicted octanol–water partition coefficient (Wildman–Crippen LogP) is 2.94. The predicted molar refractivity (Wildman–Crippen MR) is 115 cm³/mol. The molecule has 1 aromatic heterocycles. The molecule has 2 aliphatic heterocycles. The third kappa shape index (κ3) is 5.55. The Morgan fingerprint density at radius 3 is 2.68 bits per heavy atom. The van der Waals surface area contributed by atoms with E-state index in [1.165, 1.54) is 35.4 Å². The molecule has 2 N–H and O–H groups in total. The van der Waals surface area contributed by atoms with Crippen LogP contribution in [-0.2, 0) is 11.3 Å². The van der Waals surface area contributed by atoms with Crippen molar-refractivity contribution in [3.8, 4) is 0 Å². The van der Waals surface area contributed by atoms with E-state index < -0.39 is 6.67 Å². The number of amides is 1. The van der Waals surface area contributed by atoms with E-state index in [9.17, 15) is 14.0 Å². The van der Waals surface area contributed by atoms with Gasteiger partial charge >= 0.3 is 0 Å². The van der Waals surface area contributed by atoms with E-state index in [-0.39, 0.29) is 33.3 Å². The van der Waals surface area contributed by atoms with Crippen LogP contribution in [-0.4, -0.2) is 63.6 Å². The normalized spacial score (nSPS) is 25.2. The molecule has 2 fully saturated rings. The second-order valence-electron chi connectivity index (χ2n) is 7.02. The van der Waals surface area contributed by atoms with Gasteiger partial charge in [0.05, 0.1) is 27.6 Å². The van der Waals surface area contributed by atoms with Gasteiger partial charge in [0.25, 0.3) is 5.56 Å². The fourth-order valence-corrected chi connectivity index (χ4v) is 5.48. The number of rotatable bonds is 8. The number of hydrogen-bond donors (Lipinski definition) is 2. The number of anilines is 2. The van der Waals surface area contributed by atoms with Gasteiger partial charge in [-0.25, -0.2) is 4.39 Å². The van der Waals surface area contributed by atoms with Crippen LogP contribution in [0, 0.1) is 0 Å². The summed E-state index contributed by atoms with van der Waals surface area (Å²) in [5.74, 6) is -0.215. The fourth-order valence-electron chi connectivity index (χ4n) is 3.44. The number of halogens is 3. The number of pyridine rings is 1. The monoisotopic (exact) mass is 450 g/mol. The molecule has 2 saturated heterocycles. The van der Waals surface area contributed by atoms with Crippen LogP contribution in [0.15, 0.2) is 17.1 Å². The van der Waals surface area contributed by atoms with Gasteiger partial charge in [0.1, 0.15) is 12.4 Å². The van der Waals surface area contributed by atoms with Crippen LogP contribution in [0.4, 0.5) is 15.8 Å². The van der Waals surface area contributed by atoms with Crippen molar-refractivity contribution in [3.63, 3.8) is 0 Å². The summed E-state index contributed by atoms with van der Waals surface area (Å²) in [4.78, 5) is 27.4. The van der Waals surface area contributed by atoms with Crippen molar-refractivity contribution in [2.45, 2.75) is 41.1 Å². The van der Waals surface area contributed by atoms with Crippen molar-refractivity contribution in [2.24, 2.45) is 0 Å². The maximum absolute atomic E-state index is 12.9. The number of hydrogen-bond acceptors (Lipinski definition) is 5. The number of alkyl halides is 3. The first-order valence-electron chi connectivity index (χ1n) is 9.49. The number of aryl methyl sites for hydroxylation is 1. The highest BCUT2D eigenvalue weighted by Crippen LogP contribution is 2.39. The maximum Gasteiger partial charge on any atom is 0.274 e. The van der Waals surface area contributed by atoms with Gasteiger partial charge in [-0.3, -0.25) is 9.59 Å². The molecule has 1 aromatic rings. The van der Waals surface area contributed by atoms with Crippen LogP contribution in [0.2, 0.25) is 0 Å². The average molecular weight is 451 g/mol. The Labute approximate surface area is 178 Å². The minimum absolute atomic E-state index is 0.0605. The number of carbonyl (C=O) groups is 1. The van der Waals surface area contributed by atoms with Gasteiger partial charge in [0.2, 0.25) is 5.91 Å². The number of aromatic nitrogens is 1. The Morgan fingerprint density at radius 2 is 2.04 bits per heavy atom. The minimum Gasteiger partial charge on any atom is -0.379 e. The topological polar surface area (TPSA) is 66.4 Å². The van der Waals surface area contributed by atoms with E-state index in [0.29, 0.717) is 24.3 Å². The SMILES string of the molecule is O=C(Nc1cc(NCCN2CCCC2)c(=O)n(CCF)c1)C1CC(Cl)C(Cl)S1. The summed E-state index contributed by atoms with van der Waals surface area (Å²) in [5, 5.41) is 5.35. The van der Waals surface area contributed by atoms with E-state index in [2.05, 4.69) is 15.5 Å². The molecule has 0 aromatic carbocycles. The van der Waals surface area contributed by atoms with Gasteiger partial charge in [-0.2, -0.15) is 0 Å². The van der Waals surface area contributed by atoms with E-state index in [1.54, 1.807) is 6.07 Å². The van der Waals surface area contributed by atoms with E-state index in [1.807, 2.05) is 0 Å². The van der Waals surface area contributed by atoms with Gasteiger partial charge < -0.3 is 20.1 Å². The van der Waals surface area contributed by atoms with Crippen molar-refractivity contribution in [2.75, 3.05) is 43.5 Å². The van der Waals surface area contributed by atoms with Crippen molar-refractivity contribution >= 4 is 52.2 Å². The van der Waals surface area contributed by atoms with Crippen molar-refractivity contribution in [1.29, 1.82) is 0 Å². The molecule has 0 aliphatic carbocycles. The van der Waals surface area contributed by atoms with Gasteiger partial charge in [0, 0.05) is 19.3 Å². The first kappa shape index (κ1) is 21.7. The third-order valence-electron chi connectivity index (χ3n) is 4.93. The first-order valence-corrected chi connectivity index (χ1v) is 11.3. The van der Waals surface area contributed by atoms with Gasteiger partial charge in [-0.1, -0.05) is 0 Å². The lowest BCUT2D eigenvalue weighted by atomic mass is 10.2. The lowest BCUT2D eigenvalue weighted by Crippen LogP contribution is -2.30. The highest BCUT2D eigenvalue weighted by molar-refractivity contribution is 8.02. The highest BCUT2D eigenvalue weighted by Gasteiger charge is 2.36. The quantitative estimate of drug-likeness (QED) is 0.595. The summed E-state index contributed by atoms with van der Waals surface area (Å²) in [5.41, 5.74) is 0.510. The Morgan fingerprint density at radius 1 is 1.29 bits per heavy atom. The molecular formula is C18H25Cl2FN4O2S. The lowest BCUT2D eigenvalue weighted by molar-refractivity contribution is -0.115. The van der Waals surface area contributed by atoms with Crippen LogP contribution < -0.4 is 16.2 Å². The number of nitrogens with zero attached hydrogens (tertiary/aromatic N) is 2. The van der Waals surface area contributed by atoms with E-state index >= 15 is 0 Å². The summed E-state index contributed by atoms with van der Waals surface area (Å²) >= 11 is 13.5. The number of nitrogens with one attached hydrogen (secondary N) is 2. The zero-order valence-electron chi connectivity index (χ0n) is 15.5. The smallest absolute Gasteiger partial charge is 0.274 e. The number of carbonyl (C=O) groups excluding carboxylic acids is 1. The molecule has 2 aliphatic rings. The number of thioether (sulfide) groups is 1. The molecule has 0 spiro atoms. The van der Waals surface area contributed by atoms with E-state index in [4.69, 9.17) is 23.2 Å². The van der Waals surface area contributed by atoms with Crippen LogP contribution in [0.1, 0.15) is 19.3 Å². The maximum atomic E-state index is 12.9. The Bertz CT molecular complexity index is 735. The zero-order valence-corrected chi connectivity index (χ0v) is 17.8. The molecule has 0 bridgehead atoms. The zero-order chi connectivity index (χ0) is 20.1. The Hall–Kier alpha value is -0.960. The molecule has 28 heavy (non-hydrogen) atoms. The molecular weight excluding hydrogens is 426 g/mol. The van der Waals surface area contributed by atoms with Crippen LogP contribution in [0.25, 0.3) is 0 Å². The molecule has 6 nitrogen and oxygen atoms in total. The van der Waals surface area contributed by atoms with Gasteiger partial charge in [-0.05, 0) is 38.4 Å². The molecule has 10 heteroatoms. The van der Waals surface area contributed by atoms with Gasteiger partial charge in [0.15, 0.2) is 0 Å². The second-order valence-corrected chi connectivity index (χ2v) is 9.66. The first-order chi connectivity index (χ1) is 13.5. The fraction of sp³-hybridized carbons (Fsp3) is 0.667. The largest absolute Gasteiger partial charge is 0.379 e. The third-order valence-corrected chi connectivity index (χ3v) is 7.58. The van der Waals surface area contributed by atoms with Crippen LogP contribution in [0.5, 0.6) is 0 Å². The lowest BCUT2D eigenvalue weighted by Gasteiger charge is -2.17. The molecule has 0 radical (unpaired) electrons. The second kappa shape index (κ2) is 10.2. The van der Waals surface area contributed by atoms with Crippen LogP contribution >= 0.6 is 35.0 Å². The summed E-state index contributed by atoms with van der Waals surface area (Å²) in [6.45, 7) is 2.88. The summed E-state index contributed by atoms with van der Waals surface area (Å²) in [6.07, 6.45) is 4.37. The van der Waals surface area contributed by atoms with Crippen LogP contribution in [0.3, 0.4) is 0 Å². The number of likely N-dealkylation sites (tertiary alicyclic amines) is 1. The molecule has 156 valence electrons. The van der Waals surface area contributed by atoms with Crippen molar-refractivity contribution in [1.82, 2.24) is 9.47 Å². The average Bonchev–Trinajstić information content (AvgIpc) is 3.29. The standard InChI is InChI=1S/C18H25Cl2FN4O2S/c19-13-10-15(28-16(13)20)17(26)23-12-9-14(18(27)25(11-12)7-3-21)22-4-8-24-5-1-2-6-24/h9,11,13,15-16,22H,1-8,10H2,(H,23,26). The summed E-state index contributed by atoms with van der Waals surface area (Å²) in [6, 6.07) is 1.61. The molecule has 3 atom stereocenters. The van der Waals surface area contributed by atoms with E-state index in [0.717, 1.165) is 19.6 Å². The summed E-state index contributed by atoms with van der Waals surface area (Å²) in [7, 11) is 0. The van der Waals surface area contributed by atoms with Crippen molar-refractivity contribution < 1.29 is 9.18 Å². The van der Waals surface area contributed by atoms with Crippen molar-refractivity contribution in [3.05, 3.63) is 22.6 Å². The molecule has 0 saturated carbocycles. The highest BCUT2D eigenvalue weighted by atomic mass is 35.5.